The monoisotopic (exact) mass is 490 g/mol. The van der Waals surface area contributed by atoms with Gasteiger partial charge in [-0.2, -0.15) is 0 Å². The second-order valence-electron chi connectivity index (χ2n) is 6.57. The Hall–Kier alpha value is -1.29. The molecular weight excluding hydrogens is 463 g/mol. The van der Waals surface area contributed by atoms with Gasteiger partial charge < -0.3 is 15.6 Å². The lowest BCUT2D eigenvalue weighted by atomic mass is 10.1. The Morgan fingerprint density at radius 2 is 2.19 bits per heavy atom. The number of aromatic amines is 1. The average molecular weight is 490 g/mol. The van der Waals surface area contributed by atoms with Crippen molar-refractivity contribution in [1.82, 2.24) is 15.6 Å². The predicted molar refractivity (Wildman–Crippen MR) is 118 cm³/mol. The van der Waals surface area contributed by atoms with E-state index >= 15 is 0 Å². The Morgan fingerprint density at radius 1 is 1.38 bits per heavy atom. The van der Waals surface area contributed by atoms with Crippen LogP contribution in [0.5, 0.6) is 0 Å². The van der Waals surface area contributed by atoms with Crippen molar-refractivity contribution in [3.63, 3.8) is 0 Å². The Kier molecular flexibility index (Phi) is 7.33. The second kappa shape index (κ2) is 9.07. The number of benzene rings is 1. The first-order valence-electron chi connectivity index (χ1n) is 8.79. The first-order chi connectivity index (χ1) is 12.0. The summed E-state index contributed by atoms with van der Waals surface area (Å²) < 4.78 is 23.2. The summed E-state index contributed by atoms with van der Waals surface area (Å²) >= 11 is 0. The van der Waals surface area contributed by atoms with Crippen molar-refractivity contribution in [3.05, 3.63) is 35.5 Å². The summed E-state index contributed by atoms with van der Waals surface area (Å²) in [7, 11) is -2.89. The number of guanidine groups is 1. The molecule has 0 saturated carbocycles. The Balaban J connectivity index is 0.00000243. The summed E-state index contributed by atoms with van der Waals surface area (Å²) in [5, 5.41) is 7.70. The molecule has 144 valence electrons. The quantitative estimate of drug-likeness (QED) is 0.341. The number of hydrogen-bond acceptors (Lipinski definition) is 3. The summed E-state index contributed by atoms with van der Waals surface area (Å²) in [5.74, 6) is 1.15. The zero-order chi connectivity index (χ0) is 17.9. The van der Waals surface area contributed by atoms with Crippen molar-refractivity contribution in [2.45, 2.75) is 32.7 Å². The Bertz CT molecular complexity index is 876. The molecule has 0 spiro atoms. The molecule has 0 radical (unpaired) electrons. The molecule has 0 amide bonds. The Morgan fingerprint density at radius 3 is 2.88 bits per heavy atom. The summed E-state index contributed by atoms with van der Waals surface area (Å²) in [6.07, 6.45) is 3.54. The molecule has 6 nitrogen and oxygen atoms in total. The van der Waals surface area contributed by atoms with Gasteiger partial charge in [0.05, 0.1) is 11.5 Å². The van der Waals surface area contributed by atoms with Crippen molar-refractivity contribution in [1.29, 1.82) is 0 Å². The third kappa shape index (κ3) is 5.12. The molecule has 1 unspecified atom stereocenters. The standard InChI is InChI=1S/C18H26N4O2S.HI/c1-3-19-18(22-15-8-10-25(23,24)12-15)20-9-7-14-11-21-17-13(2)5-4-6-16(14)17;/h4-6,11,15,21H,3,7-10,12H2,1-2H3,(H2,19,20,22);1H. The number of H-pyrrole nitrogens is 1. The number of fused-ring (bicyclic) bond motifs is 1. The van der Waals surface area contributed by atoms with Crippen LogP contribution in [-0.4, -0.2) is 50.0 Å². The maximum Gasteiger partial charge on any atom is 0.191 e. The van der Waals surface area contributed by atoms with Crippen molar-refractivity contribution in [2.75, 3.05) is 24.6 Å². The highest BCUT2D eigenvalue weighted by atomic mass is 127. The van der Waals surface area contributed by atoms with Crippen LogP contribution in [0.1, 0.15) is 24.5 Å². The summed E-state index contributed by atoms with van der Waals surface area (Å²) in [4.78, 5) is 7.96. The van der Waals surface area contributed by atoms with Crippen LogP contribution in [0.3, 0.4) is 0 Å². The average Bonchev–Trinajstić information content (AvgIpc) is 3.12. The molecule has 1 aliphatic rings. The highest BCUT2D eigenvalue weighted by molar-refractivity contribution is 14.0. The molecule has 1 aromatic heterocycles. The molecule has 0 bridgehead atoms. The number of aliphatic imine (C=N–C) groups is 1. The molecule has 1 saturated heterocycles. The van der Waals surface area contributed by atoms with E-state index in [-0.39, 0.29) is 41.5 Å². The number of nitrogens with zero attached hydrogens (tertiary/aromatic N) is 1. The largest absolute Gasteiger partial charge is 0.361 e. The fraction of sp³-hybridized carbons (Fsp3) is 0.500. The van der Waals surface area contributed by atoms with E-state index in [1.165, 1.54) is 22.0 Å². The lowest BCUT2D eigenvalue weighted by Gasteiger charge is -2.15. The van der Waals surface area contributed by atoms with Crippen LogP contribution in [0.4, 0.5) is 0 Å². The zero-order valence-corrected chi connectivity index (χ0v) is 18.4. The molecule has 3 N–H and O–H groups in total. The van der Waals surface area contributed by atoms with Crippen molar-refractivity contribution >= 4 is 50.7 Å². The molecule has 3 rings (SSSR count). The molecule has 2 aromatic rings. The number of hydrogen-bond donors (Lipinski definition) is 3. The minimum absolute atomic E-state index is 0. The van der Waals surface area contributed by atoms with E-state index in [0.717, 1.165) is 13.0 Å². The molecule has 26 heavy (non-hydrogen) atoms. The molecule has 1 fully saturated rings. The number of aromatic nitrogens is 1. The lowest BCUT2D eigenvalue weighted by Crippen LogP contribution is -2.44. The van der Waals surface area contributed by atoms with Gasteiger partial charge in [-0.05, 0) is 37.8 Å². The molecule has 0 aliphatic carbocycles. The number of rotatable bonds is 5. The van der Waals surface area contributed by atoms with Gasteiger partial charge in [0.2, 0.25) is 0 Å². The van der Waals surface area contributed by atoms with E-state index in [1.54, 1.807) is 0 Å². The van der Waals surface area contributed by atoms with Crippen molar-refractivity contribution < 1.29 is 8.42 Å². The normalized spacial score (nSPS) is 19.3. The summed E-state index contributed by atoms with van der Waals surface area (Å²) in [5.41, 5.74) is 3.68. The minimum atomic E-state index is -2.89. The van der Waals surface area contributed by atoms with Crippen LogP contribution in [-0.2, 0) is 16.3 Å². The SMILES string of the molecule is CCNC(=NCCc1c[nH]c2c(C)cccc12)NC1CCS(=O)(=O)C1.I. The third-order valence-electron chi connectivity index (χ3n) is 4.58. The van der Waals surface area contributed by atoms with Crippen LogP contribution in [0, 0.1) is 6.92 Å². The van der Waals surface area contributed by atoms with Gasteiger partial charge in [-0.15, -0.1) is 24.0 Å². The van der Waals surface area contributed by atoms with Crippen molar-refractivity contribution in [2.24, 2.45) is 4.99 Å². The van der Waals surface area contributed by atoms with Crippen LogP contribution < -0.4 is 10.6 Å². The van der Waals surface area contributed by atoms with Gasteiger partial charge in [-0.1, -0.05) is 18.2 Å². The number of nitrogens with one attached hydrogen (secondary N) is 3. The van der Waals surface area contributed by atoms with E-state index in [4.69, 9.17) is 0 Å². The molecule has 1 atom stereocenters. The van der Waals surface area contributed by atoms with E-state index < -0.39 is 9.84 Å². The zero-order valence-electron chi connectivity index (χ0n) is 15.2. The maximum absolute atomic E-state index is 11.6. The number of aryl methyl sites for hydroxylation is 1. The highest BCUT2D eigenvalue weighted by Gasteiger charge is 2.28. The fourth-order valence-corrected chi connectivity index (χ4v) is 4.95. The predicted octanol–water partition coefficient (Wildman–Crippen LogP) is 2.38. The molecular formula is C18H27IN4O2S. The molecule has 8 heteroatoms. The minimum Gasteiger partial charge on any atom is -0.361 e. The van der Waals surface area contributed by atoms with Crippen LogP contribution in [0.25, 0.3) is 10.9 Å². The van der Waals surface area contributed by atoms with Crippen LogP contribution in [0.15, 0.2) is 29.4 Å². The van der Waals surface area contributed by atoms with Gasteiger partial charge in [0, 0.05) is 36.2 Å². The number of sulfone groups is 1. The maximum atomic E-state index is 11.6. The summed E-state index contributed by atoms with van der Waals surface area (Å²) in [6.45, 7) is 5.50. The van der Waals surface area contributed by atoms with Gasteiger partial charge >= 0.3 is 0 Å². The fourth-order valence-electron chi connectivity index (χ4n) is 3.28. The second-order valence-corrected chi connectivity index (χ2v) is 8.80. The van der Waals surface area contributed by atoms with Gasteiger partial charge in [0.1, 0.15) is 0 Å². The van der Waals surface area contributed by atoms with E-state index in [9.17, 15) is 8.42 Å². The van der Waals surface area contributed by atoms with Gasteiger partial charge in [-0.25, -0.2) is 8.42 Å². The first-order valence-corrected chi connectivity index (χ1v) is 10.6. The van der Waals surface area contributed by atoms with Crippen LogP contribution in [0.2, 0.25) is 0 Å². The molecule has 2 heterocycles. The van der Waals surface area contributed by atoms with Gasteiger partial charge in [0.15, 0.2) is 15.8 Å². The lowest BCUT2D eigenvalue weighted by molar-refractivity contribution is 0.599. The Labute approximate surface area is 172 Å². The molecule has 1 aromatic carbocycles. The van der Waals surface area contributed by atoms with E-state index in [0.29, 0.717) is 18.9 Å². The smallest absolute Gasteiger partial charge is 0.191 e. The van der Waals surface area contributed by atoms with Gasteiger partial charge in [-0.3, -0.25) is 4.99 Å². The summed E-state index contributed by atoms with van der Waals surface area (Å²) in [6, 6.07) is 6.26. The highest BCUT2D eigenvalue weighted by Crippen LogP contribution is 2.21. The van der Waals surface area contributed by atoms with Crippen molar-refractivity contribution in [3.8, 4) is 0 Å². The van der Waals surface area contributed by atoms with E-state index in [1.807, 2.05) is 6.92 Å². The topological polar surface area (TPSA) is 86.3 Å². The van der Waals surface area contributed by atoms with E-state index in [2.05, 4.69) is 51.9 Å². The number of para-hydroxylation sites is 1. The number of halogens is 1. The first kappa shape index (κ1) is 21.0. The van der Waals surface area contributed by atoms with Crippen LogP contribution >= 0.6 is 24.0 Å². The van der Waals surface area contributed by atoms with Gasteiger partial charge in [0.25, 0.3) is 0 Å². The third-order valence-corrected chi connectivity index (χ3v) is 6.35. The molecule has 1 aliphatic heterocycles.